The summed E-state index contributed by atoms with van der Waals surface area (Å²) < 4.78 is 5.46. The van der Waals surface area contributed by atoms with Crippen molar-refractivity contribution in [3.63, 3.8) is 0 Å². The number of amides is 2. The van der Waals surface area contributed by atoms with E-state index in [4.69, 9.17) is 10.5 Å². The highest BCUT2D eigenvalue weighted by Gasteiger charge is 2.17. The molecule has 0 bridgehead atoms. The number of hydrogen-bond donors (Lipinski definition) is 2. The Balaban J connectivity index is 1.58. The lowest BCUT2D eigenvalue weighted by Crippen LogP contribution is -2.25. The van der Waals surface area contributed by atoms with E-state index in [1.807, 2.05) is 6.07 Å². The molecule has 6 nitrogen and oxygen atoms in total. The van der Waals surface area contributed by atoms with Gasteiger partial charge in [0.2, 0.25) is 0 Å². The van der Waals surface area contributed by atoms with Crippen LogP contribution in [0.2, 0.25) is 0 Å². The Kier molecular flexibility index (Phi) is 7.17. The van der Waals surface area contributed by atoms with Crippen LogP contribution in [0.15, 0.2) is 78.9 Å². The molecule has 154 valence electrons. The van der Waals surface area contributed by atoms with Crippen LogP contribution < -0.4 is 15.8 Å². The molecule has 0 heterocycles. The molecule has 0 fully saturated rings. The molecule has 0 unspecified atom stereocenters. The van der Waals surface area contributed by atoms with Gasteiger partial charge in [0.05, 0.1) is 17.7 Å². The number of nitrogens with one attached hydrogen (secondary N) is 1. The highest BCUT2D eigenvalue weighted by molar-refractivity contribution is 6.15. The number of ether oxygens (including phenoxy) is 1. The second kappa shape index (κ2) is 10.4. The highest BCUT2D eigenvalue weighted by atomic mass is 16.5. The van der Waals surface area contributed by atoms with Crippen LogP contribution in [0.1, 0.15) is 36.6 Å². The highest BCUT2D eigenvalue weighted by Crippen LogP contribution is 2.17. The normalized spacial score (nSPS) is 9.81. The lowest BCUT2D eigenvalue weighted by Gasteiger charge is -2.08. The maximum atomic E-state index is 12.7. The summed E-state index contributed by atoms with van der Waals surface area (Å²) in [4.78, 5) is 36.7. The molecule has 3 aromatic carbocycles. The third-order valence-corrected chi connectivity index (χ3v) is 4.37. The van der Waals surface area contributed by atoms with Crippen molar-refractivity contribution >= 4 is 17.6 Å². The molecule has 0 aliphatic rings. The molecule has 0 aromatic heterocycles. The lowest BCUT2D eigenvalue weighted by molar-refractivity contribution is 0.0946. The first-order valence-electron chi connectivity index (χ1n) is 9.52. The van der Waals surface area contributed by atoms with Crippen LogP contribution >= 0.6 is 0 Å². The fraction of sp³-hybridized carbons (Fsp3) is 0.0800. The second-order valence-corrected chi connectivity index (χ2v) is 6.43. The first-order valence-corrected chi connectivity index (χ1v) is 9.52. The van der Waals surface area contributed by atoms with E-state index in [-0.39, 0.29) is 30.1 Å². The molecule has 0 saturated carbocycles. The summed E-state index contributed by atoms with van der Waals surface area (Å²) in [7, 11) is 0. The Morgan fingerprint density at radius 2 is 1.39 bits per heavy atom. The minimum atomic E-state index is -0.584. The van der Waals surface area contributed by atoms with Crippen molar-refractivity contribution in [1.29, 1.82) is 0 Å². The van der Waals surface area contributed by atoms with Crippen molar-refractivity contribution in [3.05, 3.63) is 101 Å². The molecule has 0 aliphatic carbocycles. The number of benzene rings is 3. The third-order valence-electron chi connectivity index (χ3n) is 4.37. The number of para-hydroxylation sites is 1. The third kappa shape index (κ3) is 5.58. The van der Waals surface area contributed by atoms with Crippen molar-refractivity contribution in [2.24, 2.45) is 5.73 Å². The van der Waals surface area contributed by atoms with E-state index in [0.717, 1.165) is 0 Å². The molecule has 3 rings (SSSR count). The van der Waals surface area contributed by atoms with Crippen LogP contribution in [0.3, 0.4) is 0 Å². The van der Waals surface area contributed by atoms with Gasteiger partial charge in [-0.2, -0.15) is 0 Å². The average molecular weight is 412 g/mol. The summed E-state index contributed by atoms with van der Waals surface area (Å²) in [5, 5.41) is 2.68. The topological polar surface area (TPSA) is 98.5 Å². The van der Waals surface area contributed by atoms with Gasteiger partial charge in [-0.25, -0.2) is 0 Å². The Hall–Kier alpha value is -4.37. The van der Waals surface area contributed by atoms with Crippen LogP contribution in [0, 0.1) is 11.8 Å². The van der Waals surface area contributed by atoms with Gasteiger partial charge in [0, 0.05) is 11.1 Å². The zero-order valence-corrected chi connectivity index (χ0v) is 16.6. The largest absolute Gasteiger partial charge is 0.480 e. The molecule has 3 N–H and O–H groups in total. The monoisotopic (exact) mass is 412 g/mol. The average Bonchev–Trinajstić information content (AvgIpc) is 2.81. The molecule has 2 amide bonds. The van der Waals surface area contributed by atoms with Gasteiger partial charge in [-0.15, -0.1) is 0 Å². The molecule has 3 aromatic rings. The Morgan fingerprint density at radius 1 is 0.774 bits per heavy atom. The maximum absolute atomic E-state index is 12.7. The predicted octanol–water partition coefficient (Wildman–Crippen LogP) is 2.83. The van der Waals surface area contributed by atoms with Gasteiger partial charge in [-0.05, 0) is 18.2 Å². The van der Waals surface area contributed by atoms with Crippen molar-refractivity contribution in [2.45, 2.75) is 0 Å². The summed E-state index contributed by atoms with van der Waals surface area (Å²) in [5.74, 6) is 4.69. The molecule has 0 aliphatic heterocycles. The zero-order chi connectivity index (χ0) is 22.1. The summed E-state index contributed by atoms with van der Waals surface area (Å²) in [6.45, 7) is 0.108. The van der Waals surface area contributed by atoms with E-state index in [1.54, 1.807) is 72.8 Å². The smallest absolute Gasteiger partial charge is 0.252 e. The van der Waals surface area contributed by atoms with Crippen LogP contribution in [-0.2, 0) is 0 Å². The number of ketones is 1. The van der Waals surface area contributed by atoms with Crippen molar-refractivity contribution in [3.8, 4) is 17.6 Å². The summed E-state index contributed by atoms with van der Waals surface area (Å²) in [6.07, 6.45) is 0. The molecule has 0 radical (unpaired) electrons. The van der Waals surface area contributed by atoms with Crippen molar-refractivity contribution < 1.29 is 19.1 Å². The van der Waals surface area contributed by atoms with E-state index in [9.17, 15) is 14.4 Å². The molecule has 31 heavy (non-hydrogen) atoms. The van der Waals surface area contributed by atoms with E-state index < -0.39 is 11.8 Å². The second-order valence-electron chi connectivity index (χ2n) is 6.43. The van der Waals surface area contributed by atoms with Gasteiger partial charge in [0.15, 0.2) is 5.78 Å². The fourth-order valence-electron chi connectivity index (χ4n) is 2.87. The quantitative estimate of drug-likeness (QED) is 0.461. The predicted molar refractivity (Wildman–Crippen MR) is 117 cm³/mol. The van der Waals surface area contributed by atoms with Gasteiger partial charge in [0.1, 0.15) is 12.4 Å². The number of primary amides is 1. The van der Waals surface area contributed by atoms with E-state index in [1.165, 1.54) is 0 Å². The van der Waals surface area contributed by atoms with Crippen LogP contribution in [0.4, 0.5) is 0 Å². The molecule has 6 heteroatoms. The minimum absolute atomic E-state index is 0.0310. The van der Waals surface area contributed by atoms with Gasteiger partial charge < -0.3 is 15.8 Å². The molecule has 0 spiro atoms. The summed E-state index contributed by atoms with van der Waals surface area (Å²) in [6, 6.07) is 22.0. The summed E-state index contributed by atoms with van der Waals surface area (Å²) in [5.41, 5.74) is 6.69. The number of carbonyl (C=O) groups is 3. The van der Waals surface area contributed by atoms with Crippen molar-refractivity contribution in [1.82, 2.24) is 5.32 Å². The number of rotatable bonds is 7. The molecule has 0 saturated heterocycles. The van der Waals surface area contributed by atoms with E-state index in [2.05, 4.69) is 17.2 Å². The van der Waals surface area contributed by atoms with Gasteiger partial charge in [0.25, 0.3) is 11.8 Å². The lowest BCUT2D eigenvalue weighted by atomic mass is 9.98. The fourth-order valence-corrected chi connectivity index (χ4v) is 2.87. The zero-order valence-electron chi connectivity index (χ0n) is 16.6. The summed E-state index contributed by atoms with van der Waals surface area (Å²) >= 11 is 0. The van der Waals surface area contributed by atoms with Crippen molar-refractivity contribution in [2.75, 3.05) is 13.2 Å². The Labute approximate surface area is 180 Å². The Morgan fingerprint density at radius 3 is 2.10 bits per heavy atom. The minimum Gasteiger partial charge on any atom is -0.480 e. The van der Waals surface area contributed by atoms with Gasteiger partial charge >= 0.3 is 0 Å². The SMILES string of the molecule is NC(=O)c1ccccc1OCC#CCNC(=O)c1ccccc1C(=O)c1ccccc1. The number of hydrogen-bond acceptors (Lipinski definition) is 4. The molecular formula is C25H20N2O4. The van der Waals surface area contributed by atoms with Crippen LogP contribution in [0.25, 0.3) is 0 Å². The van der Waals surface area contributed by atoms with Gasteiger partial charge in [-0.3, -0.25) is 14.4 Å². The van der Waals surface area contributed by atoms with E-state index in [0.29, 0.717) is 16.9 Å². The first-order chi connectivity index (χ1) is 15.1. The first kappa shape index (κ1) is 21.3. The van der Waals surface area contributed by atoms with Gasteiger partial charge in [-0.1, -0.05) is 72.5 Å². The molecular weight excluding hydrogens is 392 g/mol. The van der Waals surface area contributed by atoms with Crippen LogP contribution in [0.5, 0.6) is 5.75 Å². The van der Waals surface area contributed by atoms with Crippen LogP contribution in [-0.4, -0.2) is 30.7 Å². The standard InChI is InChI=1S/C25H20N2O4/c26-24(29)21-14-6-7-15-22(21)31-17-9-8-16-27-25(30)20-13-5-4-12-19(20)23(28)18-10-2-1-3-11-18/h1-7,10-15H,16-17H2,(H2,26,29)(H,27,30). The van der Waals surface area contributed by atoms with E-state index >= 15 is 0 Å². The maximum Gasteiger partial charge on any atom is 0.252 e. The number of carbonyl (C=O) groups excluding carboxylic acids is 3. The number of nitrogens with two attached hydrogens (primary N) is 1. The Bertz CT molecular complexity index is 1160. The molecule has 0 atom stereocenters.